The molecule has 0 amide bonds. The van der Waals surface area contributed by atoms with E-state index in [4.69, 9.17) is 5.11 Å². The molecule has 0 fully saturated rings. The van der Waals surface area contributed by atoms with E-state index in [1.807, 2.05) is 0 Å². The van der Waals surface area contributed by atoms with Crippen LogP contribution in [0, 0.1) is 0 Å². The molecule has 6 heavy (non-hydrogen) atoms. The first-order chi connectivity index (χ1) is 2.77. The van der Waals surface area contributed by atoms with Gasteiger partial charge >= 0.3 is 0 Å². The number of aliphatic hydroxyl groups is 1. The Morgan fingerprint density at radius 1 is 1.83 bits per heavy atom. The molecule has 1 N–H and O–H groups in total. The second kappa shape index (κ2) is 3.46. The van der Waals surface area contributed by atoms with E-state index in [-0.39, 0.29) is 5.76 Å². The summed E-state index contributed by atoms with van der Waals surface area (Å²) in [5.41, 5.74) is 0. The molecule has 0 aromatic rings. The van der Waals surface area contributed by atoms with Crippen molar-refractivity contribution in [3.8, 4) is 0 Å². The van der Waals surface area contributed by atoms with Crippen LogP contribution < -0.4 is 0 Å². The number of rotatable bonds is 2. The van der Waals surface area contributed by atoms with E-state index in [1.165, 1.54) is 0 Å². The van der Waals surface area contributed by atoms with E-state index in [0.717, 1.165) is 10.8 Å². The van der Waals surface area contributed by atoms with E-state index < -0.39 is 0 Å². The minimum absolute atomic E-state index is 0.282. The molecule has 0 bridgehead atoms. The van der Waals surface area contributed by atoms with Crippen molar-refractivity contribution in [1.29, 1.82) is 0 Å². The molecule has 0 atom stereocenters. The largest absolute Gasteiger partial charge is 0.513 e. The molecule has 36 valence electrons. The van der Waals surface area contributed by atoms with Crippen LogP contribution in [-0.4, -0.2) is 9.53 Å². The summed E-state index contributed by atoms with van der Waals surface area (Å²) in [6, 6.07) is 0. The van der Waals surface area contributed by atoms with Crippen LogP contribution in [0.25, 0.3) is 0 Å². The highest BCUT2D eigenvalue weighted by Gasteiger charge is 1.80. The lowest BCUT2D eigenvalue weighted by atomic mass is 10.4. The van der Waals surface area contributed by atoms with Crippen LogP contribution >= 0.6 is 22.6 Å². The summed E-state index contributed by atoms with van der Waals surface area (Å²) in [5, 5.41) is 8.35. The number of alkyl halides is 1. The Balaban J connectivity index is 2.83. The predicted molar refractivity (Wildman–Crippen MR) is 35.3 cm³/mol. The number of allylic oxidation sites excluding steroid dienone is 1. The summed E-state index contributed by atoms with van der Waals surface area (Å²) in [5.74, 6) is 0.282. The Kier molecular flexibility index (Phi) is 3.62. The van der Waals surface area contributed by atoms with Gasteiger partial charge in [-0.15, -0.1) is 0 Å². The summed E-state index contributed by atoms with van der Waals surface area (Å²) in [4.78, 5) is 0. The molecule has 0 aromatic carbocycles. The molecule has 0 heterocycles. The van der Waals surface area contributed by atoms with Gasteiger partial charge in [0.2, 0.25) is 0 Å². The average molecular weight is 198 g/mol. The molecule has 0 aromatic heterocycles. The first-order valence-corrected chi connectivity index (χ1v) is 3.22. The summed E-state index contributed by atoms with van der Waals surface area (Å²) in [6.45, 7) is 3.30. The van der Waals surface area contributed by atoms with Crippen molar-refractivity contribution in [2.45, 2.75) is 6.42 Å². The molecule has 0 unspecified atom stereocenters. The maximum absolute atomic E-state index is 8.35. The van der Waals surface area contributed by atoms with Gasteiger partial charge in [0, 0.05) is 10.8 Å². The quantitative estimate of drug-likeness (QED) is 0.408. The normalized spacial score (nSPS) is 8.17. The third-order valence-electron chi connectivity index (χ3n) is 0.383. The molecule has 0 rings (SSSR count). The van der Waals surface area contributed by atoms with Gasteiger partial charge in [-0.1, -0.05) is 29.2 Å². The number of aliphatic hydroxyl groups excluding tert-OH is 1. The Morgan fingerprint density at radius 2 is 2.33 bits per heavy atom. The standard InChI is InChI=1S/C4H7IO/c1-4(6)2-3-5/h6H,1-3H2. The van der Waals surface area contributed by atoms with Gasteiger partial charge in [-0.25, -0.2) is 0 Å². The Bertz CT molecular complexity index is 51.5. The van der Waals surface area contributed by atoms with E-state index in [1.54, 1.807) is 0 Å². The third-order valence-corrected chi connectivity index (χ3v) is 0.922. The van der Waals surface area contributed by atoms with E-state index >= 15 is 0 Å². The third kappa shape index (κ3) is 4.27. The zero-order valence-electron chi connectivity index (χ0n) is 3.45. The van der Waals surface area contributed by atoms with E-state index in [0.29, 0.717) is 0 Å². The van der Waals surface area contributed by atoms with E-state index in [9.17, 15) is 0 Å². The maximum Gasteiger partial charge on any atom is 0.0858 e. The lowest BCUT2D eigenvalue weighted by Crippen LogP contribution is -1.75. The fourth-order valence-corrected chi connectivity index (χ4v) is 0.732. The van der Waals surface area contributed by atoms with Gasteiger partial charge < -0.3 is 5.11 Å². The molecular weight excluding hydrogens is 191 g/mol. The van der Waals surface area contributed by atoms with Gasteiger partial charge in [-0.3, -0.25) is 0 Å². The molecule has 2 heteroatoms. The highest BCUT2D eigenvalue weighted by molar-refractivity contribution is 14.1. The van der Waals surface area contributed by atoms with Crippen LogP contribution in [0.2, 0.25) is 0 Å². The second-order valence-corrected chi connectivity index (χ2v) is 2.08. The Labute approximate surface area is 51.2 Å². The summed E-state index contributed by atoms with van der Waals surface area (Å²) < 4.78 is 0.951. The molecule has 0 spiro atoms. The van der Waals surface area contributed by atoms with Crippen LogP contribution in [0.4, 0.5) is 0 Å². The van der Waals surface area contributed by atoms with Crippen molar-refractivity contribution in [3.05, 3.63) is 12.3 Å². The molecule has 0 radical (unpaired) electrons. The maximum atomic E-state index is 8.35. The summed E-state index contributed by atoms with van der Waals surface area (Å²) in [6.07, 6.45) is 0.723. The molecule has 0 aliphatic heterocycles. The fraction of sp³-hybridized carbons (Fsp3) is 0.500. The average Bonchev–Trinajstić information content (AvgIpc) is 1.35. The SMILES string of the molecule is C=C(O)CCI. The van der Waals surface area contributed by atoms with Crippen LogP contribution in [0.1, 0.15) is 6.42 Å². The minimum Gasteiger partial charge on any atom is -0.513 e. The minimum atomic E-state index is 0.282. The van der Waals surface area contributed by atoms with Crippen molar-refractivity contribution in [3.63, 3.8) is 0 Å². The molecule has 0 aliphatic carbocycles. The number of hydrogen-bond acceptors (Lipinski definition) is 1. The lowest BCUT2D eigenvalue weighted by Gasteiger charge is -1.85. The van der Waals surface area contributed by atoms with Gasteiger partial charge in [0.25, 0.3) is 0 Å². The van der Waals surface area contributed by atoms with E-state index in [2.05, 4.69) is 29.2 Å². The van der Waals surface area contributed by atoms with Gasteiger partial charge in [0.1, 0.15) is 0 Å². The van der Waals surface area contributed by atoms with Crippen molar-refractivity contribution in [1.82, 2.24) is 0 Å². The van der Waals surface area contributed by atoms with Gasteiger partial charge in [0.15, 0.2) is 0 Å². The zero-order valence-corrected chi connectivity index (χ0v) is 5.60. The first-order valence-electron chi connectivity index (χ1n) is 1.70. The summed E-state index contributed by atoms with van der Waals surface area (Å²) in [7, 11) is 0. The highest BCUT2D eigenvalue weighted by atomic mass is 127. The fourth-order valence-electron chi connectivity index (χ4n) is 0.109. The monoisotopic (exact) mass is 198 g/mol. The molecule has 1 nitrogen and oxygen atoms in total. The molecule has 0 saturated heterocycles. The van der Waals surface area contributed by atoms with Crippen molar-refractivity contribution in [2.75, 3.05) is 4.43 Å². The number of halogens is 1. The van der Waals surface area contributed by atoms with Crippen molar-refractivity contribution < 1.29 is 5.11 Å². The van der Waals surface area contributed by atoms with Crippen LogP contribution in [-0.2, 0) is 0 Å². The molecule has 0 aliphatic rings. The van der Waals surface area contributed by atoms with Gasteiger partial charge in [0.05, 0.1) is 5.76 Å². The van der Waals surface area contributed by atoms with Crippen LogP contribution in [0.3, 0.4) is 0 Å². The van der Waals surface area contributed by atoms with Gasteiger partial charge in [-0.2, -0.15) is 0 Å². The number of hydrogen-bond donors (Lipinski definition) is 1. The highest BCUT2D eigenvalue weighted by Crippen LogP contribution is 1.94. The smallest absolute Gasteiger partial charge is 0.0858 e. The van der Waals surface area contributed by atoms with Gasteiger partial charge in [-0.05, 0) is 0 Å². The zero-order chi connectivity index (χ0) is 4.99. The topological polar surface area (TPSA) is 20.2 Å². The molecule has 0 saturated carbocycles. The predicted octanol–water partition coefficient (Wildman–Crippen LogP) is 1.88. The second-order valence-electron chi connectivity index (χ2n) is 1.01. The van der Waals surface area contributed by atoms with Crippen LogP contribution in [0.5, 0.6) is 0 Å². The van der Waals surface area contributed by atoms with Crippen molar-refractivity contribution >= 4 is 22.6 Å². The van der Waals surface area contributed by atoms with Crippen LogP contribution in [0.15, 0.2) is 12.3 Å². The lowest BCUT2D eigenvalue weighted by molar-refractivity contribution is 0.399. The Hall–Kier alpha value is 0.270. The first kappa shape index (κ1) is 6.27. The molecular formula is C4H7IO. The Morgan fingerprint density at radius 3 is 2.33 bits per heavy atom. The summed E-state index contributed by atoms with van der Waals surface area (Å²) >= 11 is 2.18. The van der Waals surface area contributed by atoms with Crippen molar-refractivity contribution in [2.24, 2.45) is 0 Å².